The number of hydrogen-bond acceptors (Lipinski definition) is 2. The van der Waals surface area contributed by atoms with E-state index >= 15 is 0 Å². The summed E-state index contributed by atoms with van der Waals surface area (Å²) in [5, 5.41) is 0.448. The van der Waals surface area contributed by atoms with E-state index in [1.165, 1.54) is 14.0 Å². The minimum absolute atomic E-state index is 0.0816. The molecular formula is C9H10BClO2. The van der Waals surface area contributed by atoms with E-state index in [1.807, 2.05) is 7.85 Å². The van der Waals surface area contributed by atoms with E-state index in [-0.39, 0.29) is 5.78 Å². The van der Waals surface area contributed by atoms with Gasteiger partial charge in [-0.2, -0.15) is 0 Å². The number of carbonyl (C=O) groups excluding carboxylic acids is 1. The molecule has 0 aliphatic heterocycles. The molecule has 0 N–H and O–H groups in total. The lowest BCUT2D eigenvalue weighted by Crippen LogP contribution is -2.07. The predicted molar refractivity (Wildman–Crippen MR) is 56.2 cm³/mol. The van der Waals surface area contributed by atoms with E-state index in [0.29, 0.717) is 16.3 Å². The van der Waals surface area contributed by atoms with Gasteiger partial charge in [0.2, 0.25) is 0 Å². The number of Topliss-reactive ketones (excluding diaryl/α,β-unsaturated/α-hetero) is 1. The fourth-order valence-corrected chi connectivity index (χ4v) is 1.61. The lowest BCUT2D eigenvalue weighted by Gasteiger charge is -2.08. The Morgan fingerprint density at radius 1 is 1.54 bits per heavy atom. The molecule has 1 aromatic rings. The van der Waals surface area contributed by atoms with Crippen molar-refractivity contribution in [1.82, 2.24) is 0 Å². The molecule has 1 rings (SSSR count). The average molecular weight is 196 g/mol. The Hall–Kier alpha value is -0.955. The molecule has 0 heterocycles. The SMILES string of the molecule is Bc1cc(Cl)c(C(C)=O)c(OC)c1. The highest BCUT2D eigenvalue weighted by Crippen LogP contribution is 2.25. The molecule has 4 heteroatoms. The van der Waals surface area contributed by atoms with Gasteiger partial charge < -0.3 is 4.74 Å². The molecule has 0 fully saturated rings. The zero-order valence-corrected chi connectivity index (χ0v) is 8.61. The van der Waals surface area contributed by atoms with E-state index in [0.717, 1.165) is 5.46 Å². The van der Waals surface area contributed by atoms with Crippen LogP contribution in [0.15, 0.2) is 12.1 Å². The summed E-state index contributed by atoms with van der Waals surface area (Å²) in [7, 11) is 3.43. The third-order valence-electron chi connectivity index (χ3n) is 1.77. The molecule has 0 radical (unpaired) electrons. The van der Waals surface area contributed by atoms with Crippen LogP contribution < -0.4 is 10.2 Å². The minimum Gasteiger partial charge on any atom is -0.496 e. The van der Waals surface area contributed by atoms with Crippen LogP contribution >= 0.6 is 11.6 Å². The molecular weight excluding hydrogens is 186 g/mol. The third-order valence-corrected chi connectivity index (χ3v) is 2.07. The van der Waals surface area contributed by atoms with Gasteiger partial charge in [-0.15, -0.1) is 0 Å². The molecule has 0 atom stereocenters. The Morgan fingerprint density at radius 2 is 2.15 bits per heavy atom. The molecule has 0 aliphatic rings. The highest BCUT2D eigenvalue weighted by Gasteiger charge is 2.12. The molecule has 0 saturated heterocycles. The topological polar surface area (TPSA) is 26.3 Å². The second-order valence-corrected chi connectivity index (χ2v) is 3.29. The number of methoxy groups -OCH3 is 1. The standard InChI is InChI=1S/C9H10BClO2/c1-5(12)9-7(11)3-6(10)4-8(9)13-2/h3-4H,10H2,1-2H3. The van der Waals surface area contributed by atoms with Crippen molar-refractivity contribution >= 4 is 30.7 Å². The maximum Gasteiger partial charge on any atom is 0.165 e. The first-order valence-electron chi connectivity index (χ1n) is 3.91. The Bertz CT molecular complexity index is 350. The van der Waals surface area contributed by atoms with E-state index in [9.17, 15) is 4.79 Å². The van der Waals surface area contributed by atoms with Crippen molar-refractivity contribution < 1.29 is 9.53 Å². The van der Waals surface area contributed by atoms with Crippen LogP contribution in [0, 0.1) is 0 Å². The van der Waals surface area contributed by atoms with Gasteiger partial charge in [0.15, 0.2) is 5.78 Å². The Labute approximate surface area is 83.3 Å². The molecule has 0 bridgehead atoms. The second kappa shape index (κ2) is 3.84. The van der Waals surface area contributed by atoms with E-state index in [2.05, 4.69) is 0 Å². The largest absolute Gasteiger partial charge is 0.496 e. The van der Waals surface area contributed by atoms with Gasteiger partial charge in [0, 0.05) is 0 Å². The Kier molecular flexibility index (Phi) is 2.99. The number of benzene rings is 1. The first kappa shape index (κ1) is 10.1. The first-order chi connectivity index (χ1) is 6.06. The number of hydrogen-bond donors (Lipinski definition) is 0. The minimum atomic E-state index is -0.0816. The highest BCUT2D eigenvalue weighted by atomic mass is 35.5. The molecule has 0 amide bonds. The van der Waals surface area contributed by atoms with E-state index in [1.54, 1.807) is 12.1 Å². The molecule has 0 spiro atoms. The van der Waals surface area contributed by atoms with Crippen LogP contribution in [-0.2, 0) is 0 Å². The fraction of sp³-hybridized carbons (Fsp3) is 0.222. The highest BCUT2D eigenvalue weighted by molar-refractivity contribution is 6.38. The summed E-state index contributed by atoms with van der Waals surface area (Å²) in [4.78, 5) is 11.2. The van der Waals surface area contributed by atoms with E-state index < -0.39 is 0 Å². The third kappa shape index (κ3) is 2.04. The number of rotatable bonds is 2. The van der Waals surface area contributed by atoms with Crippen molar-refractivity contribution in [1.29, 1.82) is 0 Å². The molecule has 68 valence electrons. The van der Waals surface area contributed by atoms with Crippen LogP contribution in [-0.4, -0.2) is 20.7 Å². The van der Waals surface area contributed by atoms with Crippen LogP contribution in [0.2, 0.25) is 5.02 Å². The molecule has 0 aromatic heterocycles. The Balaban J connectivity index is 3.38. The summed E-state index contributed by atoms with van der Waals surface area (Å²) in [5.74, 6) is 0.458. The van der Waals surface area contributed by atoms with Crippen LogP contribution in [0.25, 0.3) is 0 Å². The monoisotopic (exact) mass is 196 g/mol. The van der Waals surface area contributed by atoms with Gasteiger partial charge in [0.1, 0.15) is 13.6 Å². The van der Waals surface area contributed by atoms with Crippen LogP contribution in [0.4, 0.5) is 0 Å². The Morgan fingerprint density at radius 3 is 2.62 bits per heavy atom. The first-order valence-corrected chi connectivity index (χ1v) is 4.29. The van der Waals surface area contributed by atoms with E-state index in [4.69, 9.17) is 16.3 Å². The van der Waals surface area contributed by atoms with Gasteiger partial charge in [0.05, 0.1) is 17.7 Å². The van der Waals surface area contributed by atoms with Gasteiger partial charge in [-0.1, -0.05) is 17.1 Å². The van der Waals surface area contributed by atoms with Crippen molar-refractivity contribution in [3.8, 4) is 5.75 Å². The zero-order valence-electron chi connectivity index (χ0n) is 7.85. The normalized spacial score (nSPS) is 9.77. The number of halogens is 1. The maximum atomic E-state index is 11.2. The van der Waals surface area contributed by atoms with Crippen molar-refractivity contribution in [2.75, 3.05) is 7.11 Å². The number of ketones is 1. The number of ether oxygens (including phenoxy) is 1. The van der Waals surface area contributed by atoms with Gasteiger partial charge >= 0.3 is 0 Å². The lowest BCUT2D eigenvalue weighted by molar-refractivity contribution is 0.101. The van der Waals surface area contributed by atoms with Crippen molar-refractivity contribution in [2.24, 2.45) is 0 Å². The summed E-state index contributed by atoms with van der Waals surface area (Å²) < 4.78 is 5.06. The summed E-state index contributed by atoms with van der Waals surface area (Å²) in [6.07, 6.45) is 0. The lowest BCUT2D eigenvalue weighted by atomic mass is 9.94. The summed E-state index contributed by atoms with van der Waals surface area (Å²) in [5.41, 5.74) is 1.43. The smallest absolute Gasteiger partial charge is 0.165 e. The second-order valence-electron chi connectivity index (χ2n) is 2.88. The van der Waals surface area contributed by atoms with Crippen LogP contribution in [0.1, 0.15) is 17.3 Å². The van der Waals surface area contributed by atoms with Gasteiger partial charge in [-0.25, -0.2) is 0 Å². The number of carbonyl (C=O) groups is 1. The summed E-state index contributed by atoms with van der Waals surface area (Å²) >= 11 is 5.91. The quantitative estimate of drug-likeness (QED) is 0.517. The molecule has 0 saturated carbocycles. The molecule has 2 nitrogen and oxygen atoms in total. The van der Waals surface area contributed by atoms with Gasteiger partial charge in [0.25, 0.3) is 0 Å². The van der Waals surface area contributed by atoms with Gasteiger partial charge in [-0.05, 0) is 19.1 Å². The van der Waals surface area contributed by atoms with Crippen molar-refractivity contribution in [3.63, 3.8) is 0 Å². The van der Waals surface area contributed by atoms with Crippen molar-refractivity contribution in [3.05, 3.63) is 22.7 Å². The molecule has 0 aliphatic carbocycles. The summed E-state index contributed by atoms with van der Waals surface area (Å²) in [6, 6.07) is 3.55. The van der Waals surface area contributed by atoms with Crippen LogP contribution in [0.3, 0.4) is 0 Å². The zero-order chi connectivity index (χ0) is 10.0. The van der Waals surface area contributed by atoms with Crippen LogP contribution in [0.5, 0.6) is 5.75 Å². The predicted octanol–water partition coefficient (Wildman–Crippen LogP) is 0.810. The molecule has 13 heavy (non-hydrogen) atoms. The molecule has 1 aromatic carbocycles. The summed E-state index contributed by atoms with van der Waals surface area (Å²) in [6.45, 7) is 1.47. The van der Waals surface area contributed by atoms with Gasteiger partial charge in [-0.3, -0.25) is 4.79 Å². The fourth-order valence-electron chi connectivity index (χ4n) is 1.21. The molecule has 0 unspecified atom stereocenters. The maximum absolute atomic E-state index is 11.2. The average Bonchev–Trinajstić information content (AvgIpc) is 2.01. The van der Waals surface area contributed by atoms with Crippen molar-refractivity contribution in [2.45, 2.75) is 6.92 Å².